The van der Waals surface area contributed by atoms with Gasteiger partial charge in [0, 0.05) is 37.1 Å². The first-order valence-electron chi connectivity index (χ1n) is 9.70. The van der Waals surface area contributed by atoms with Crippen LogP contribution in [-0.4, -0.2) is 37.9 Å². The SMILES string of the molecule is O=C(Nc1nccs1)c1cn(C[C@@H]2CCCO2)cc2c(=O)n(-c3ccccc3)nc1-2. The molecule has 3 aliphatic rings. The van der Waals surface area contributed by atoms with Gasteiger partial charge in [-0.15, -0.1) is 11.3 Å². The summed E-state index contributed by atoms with van der Waals surface area (Å²) in [4.78, 5) is 30.3. The number of hydrogen-bond acceptors (Lipinski definition) is 6. The number of hydrogen-bond donors (Lipinski definition) is 1. The molecule has 1 fully saturated rings. The van der Waals surface area contributed by atoms with E-state index < -0.39 is 0 Å². The van der Waals surface area contributed by atoms with Crippen molar-refractivity contribution in [2.45, 2.75) is 25.5 Å². The smallest absolute Gasteiger partial charge is 0.282 e. The number of nitrogens with zero attached hydrogens (tertiary/aromatic N) is 4. The van der Waals surface area contributed by atoms with Crippen LogP contribution in [0.2, 0.25) is 0 Å². The zero-order chi connectivity index (χ0) is 20.5. The number of para-hydroxylation sites is 1. The summed E-state index contributed by atoms with van der Waals surface area (Å²) in [6.45, 7) is 1.31. The van der Waals surface area contributed by atoms with Crippen LogP contribution in [0.5, 0.6) is 0 Å². The van der Waals surface area contributed by atoms with E-state index in [9.17, 15) is 9.59 Å². The number of carbonyl (C=O) groups is 1. The number of rotatable bonds is 5. The quantitative estimate of drug-likeness (QED) is 0.535. The van der Waals surface area contributed by atoms with E-state index in [1.165, 1.54) is 16.0 Å². The van der Waals surface area contributed by atoms with Gasteiger partial charge in [0.2, 0.25) is 0 Å². The van der Waals surface area contributed by atoms with Crippen LogP contribution >= 0.6 is 11.3 Å². The molecule has 0 saturated carbocycles. The molecule has 0 aliphatic carbocycles. The second-order valence-corrected chi connectivity index (χ2v) is 8.00. The largest absolute Gasteiger partial charge is 0.376 e. The average molecular weight is 421 g/mol. The summed E-state index contributed by atoms with van der Waals surface area (Å²) in [5, 5.41) is 9.56. The van der Waals surface area contributed by atoms with Crippen LogP contribution in [0.25, 0.3) is 16.9 Å². The predicted octanol–water partition coefficient (Wildman–Crippen LogP) is 3.03. The standard InChI is InChI=1S/C21H19N5O3S/c27-19(23-21-22-8-10-30-21)16-12-25(11-15-7-4-9-29-15)13-17-18(16)24-26(20(17)28)14-5-2-1-3-6-14/h1-3,5-6,8,10,12-13,15H,4,7,9,11H2,(H,22,23,27)/t15-/m0/s1. The molecule has 0 bridgehead atoms. The number of fused-ring (bicyclic) bond motifs is 1. The van der Waals surface area contributed by atoms with Crippen molar-refractivity contribution in [3.8, 4) is 16.9 Å². The first-order chi connectivity index (χ1) is 14.7. The van der Waals surface area contributed by atoms with Gasteiger partial charge in [-0.05, 0) is 25.0 Å². The van der Waals surface area contributed by atoms with Crippen LogP contribution in [0.4, 0.5) is 5.13 Å². The van der Waals surface area contributed by atoms with Crippen molar-refractivity contribution in [2.75, 3.05) is 11.9 Å². The zero-order valence-corrected chi connectivity index (χ0v) is 16.8. The number of amides is 1. The van der Waals surface area contributed by atoms with E-state index in [0.29, 0.717) is 34.2 Å². The molecule has 152 valence electrons. The molecule has 0 radical (unpaired) electrons. The summed E-state index contributed by atoms with van der Waals surface area (Å²) in [6.07, 6.45) is 7.16. The Morgan fingerprint density at radius 3 is 2.87 bits per heavy atom. The minimum Gasteiger partial charge on any atom is -0.376 e. The molecule has 30 heavy (non-hydrogen) atoms. The number of aromatic nitrogens is 4. The molecule has 4 heterocycles. The lowest BCUT2D eigenvalue weighted by Crippen LogP contribution is -2.20. The molecule has 5 rings (SSSR count). The van der Waals surface area contributed by atoms with Crippen LogP contribution in [0.1, 0.15) is 23.2 Å². The summed E-state index contributed by atoms with van der Waals surface area (Å²) < 4.78 is 8.92. The topological polar surface area (TPSA) is 91.0 Å². The van der Waals surface area contributed by atoms with E-state index in [-0.39, 0.29) is 17.6 Å². The lowest BCUT2D eigenvalue weighted by molar-refractivity contribution is 0.0961. The van der Waals surface area contributed by atoms with Crippen molar-refractivity contribution in [3.63, 3.8) is 0 Å². The maximum absolute atomic E-state index is 13.1. The van der Waals surface area contributed by atoms with E-state index in [0.717, 1.165) is 19.4 Å². The maximum Gasteiger partial charge on any atom is 0.282 e. The van der Waals surface area contributed by atoms with Crippen molar-refractivity contribution in [3.05, 3.63) is 70.2 Å². The van der Waals surface area contributed by atoms with E-state index in [2.05, 4.69) is 15.4 Å². The third kappa shape index (κ3) is 3.53. The number of nitrogens with one attached hydrogen (secondary N) is 1. The molecule has 8 nitrogen and oxygen atoms in total. The minimum atomic E-state index is -0.352. The molecule has 3 aliphatic heterocycles. The van der Waals surface area contributed by atoms with Gasteiger partial charge < -0.3 is 9.30 Å². The number of pyridine rings is 1. The Morgan fingerprint density at radius 2 is 2.13 bits per heavy atom. The van der Waals surface area contributed by atoms with E-state index in [4.69, 9.17) is 4.74 Å². The highest BCUT2D eigenvalue weighted by Crippen LogP contribution is 2.25. The summed E-state index contributed by atoms with van der Waals surface area (Å²) in [7, 11) is 0. The summed E-state index contributed by atoms with van der Waals surface area (Å²) in [5.41, 5.74) is 1.47. The Balaban J connectivity index is 1.61. The highest BCUT2D eigenvalue weighted by Gasteiger charge is 2.26. The van der Waals surface area contributed by atoms with Gasteiger partial charge in [0.1, 0.15) is 5.69 Å². The molecule has 1 atom stereocenters. The van der Waals surface area contributed by atoms with Gasteiger partial charge in [-0.2, -0.15) is 9.78 Å². The zero-order valence-electron chi connectivity index (χ0n) is 16.0. The second-order valence-electron chi connectivity index (χ2n) is 7.11. The van der Waals surface area contributed by atoms with Gasteiger partial charge in [-0.25, -0.2) is 4.98 Å². The van der Waals surface area contributed by atoms with Crippen LogP contribution in [0.3, 0.4) is 0 Å². The van der Waals surface area contributed by atoms with Crippen molar-refractivity contribution >= 4 is 22.4 Å². The van der Waals surface area contributed by atoms with Gasteiger partial charge >= 0.3 is 0 Å². The predicted molar refractivity (Wildman–Crippen MR) is 113 cm³/mol. The second kappa shape index (κ2) is 7.85. The molecule has 0 spiro atoms. The van der Waals surface area contributed by atoms with Gasteiger partial charge in [-0.3, -0.25) is 14.9 Å². The number of ether oxygens (including phenoxy) is 1. The Hall–Kier alpha value is -3.30. The Kier molecular flexibility index (Phi) is 4.89. The van der Waals surface area contributed by atoms with Crippen LogP contribution < -0.4 is 10.9 Å². The summed E-state index contributed by atoms with van der Waals surface area (Å²) in [5.74, 6) is -0.352. The molecular formula is C21H19N5O3S. The fourth-order valence-corrected chi connectivity index (χ4v) is 4.17. The van der Waals surface area contributed by atoms with Crippen LogP contribution in [0.15, 0.2) is 59.1 Å². The Labute approximate surface area is 176 Å². The van der Waals surface area contributed by atoms with Gasteiger partial charge in [0.15, 0.2) is 5.13 Å². The molecule has 1 aromatic heterocycles. The number of carbonyl (C=O) groups excluding carboxylic acids is 1. The third-order valence-corrected chi connectivity index (χ3v) is 5.75. The lowest BCUT2D eigenvalue weighted by Gasteiger charge is -2.15. The van der Waals surface area contributed by atoms with E-state index in [1.54, 1.807) is 24.0 Å². The molecule has 0 unspecified atom stereocenters. The first kappa shape index (κ1) is 18.7. The highest BCUT2D eigenvalue weighted by molar-refractivity contribution is 7.13. The van der Waals surface area contributed by atoms with Crippen molar-refractivity contribution < 1.29 is 9.53 Å². The first-order valence-corrected chi connectivity index (χ1v) is 10.6. The minimum absolute atomic E-state index is 0.0709. The summed E-state index contributed by atoms with van der Waals surface area (Å²) >= 11 is 1.33. The maximum atomic E-state index is 13.1. The molecule has 1 saturated heterocycles. The normalized spacial score (nSPS) is 16.2. The van der Waals surface area contributed by atoms with Crippen LogP contribution in [-0.2, 0) is 11.3 Å². The highest BCUT2D eigenvalue weighted by atomic mass is 32.1. The Morgan fingerprint density at radius 1 is 1.27 bits per heavy atom. The van der Waals surface area contributed by atoms with Gasteiger partial charge in [0.25, 0.3) is 11.5 Å². The van der Waals surface area contributed by atoms with Crippen molar-refractivity contribution in [1.82, 2.24) is 19.3 Å². The van der Waals surface area contributed by atoms with E-state index >= 15 is 0 Å². The van der Waals surface area contributed by atoms with Crippen LogP contribution in [0, 0.1) is 0 Å². The molecule has 2 aromatic rings. The molecule has 9 heteroatoms. The van der Waals surface area contributed by atoms with Gasteiger partial charge in [-0.1, -0.05) is 18.2 Å². The molecule has 1 amide bonds. The number of anilines is 1. The number of thiazole rings is 1. The summed E-state index contributed by atoms with van der Waals surface area (Å²) in [6, 6.07) is 9.18. The monoisotopic (exact) mass is 421 g/mol. The number of benzene rings is 1. The van der Waals surface area contributed by atoms with E-state index in [1.807, 2.05) is 34.9 Å². The van der Waals surface area contributed by atoms with Crippen molar-refractivity contribution in [2.24, 2.45) is 0 Å². The Bertz CT molecular complexity index is 1190. The average Bonchev–Trinajstić information content (AvgIpc) is 3.51. The molecular weight excluding hydrogens is 402 g/mol. The third-order valence-electron chi connectivity index (χ3n) is 5.06. The molecule has 1 aromatic carbocycles. The van der Waals surface area contributed by atoms with Crippen molar-refractivity contribution in [1.29, 1.82) is 0 Å². The fraction of sp³-hybridized carbons (Fsp3) is 0.238. The van der Waals surface area contributed by atoms with Gasteiger partial charge in [0.05, 0.1) is 22.9 Å². The molecule has 1 N–H and O–H groups in total. The lowest BCUT2D eigenvalue weighted by atomic mass is 10.1. The fourth-order valence-electron chi connectivity index (χ4n) is 3.65.